The lowest BCUT2D eigenvalue weighted by atomic mass is 10.1. The minimum atomic E-state index is 0. The van der Waals surface area contributed by atoms with E-state index in [1.54, 1.807) is 13.2 Å². The van der Waals surface area contributed by atoms with Crippen LogP contribution in [-0.2, 0) is 13.0 Å². The molecule has 2 heterocycles. The summed E-state index contributed by atoms with van der Waals surface area (Å²) in [6.45, 7) is 2.43. The van der Waals surface area contributed by atoms with Crippen LogP contribution >= 0.6 is 35.6 Å². The summed E-state index contributed by atoms with van der Waals surface area (Å²) in [4.78, 5) is 8.50. The van der Waals surface area contributed by atoms with Crippen LogP contribution in [0.25, 0.3) is 0 Å². The zero-order valence-corrected chi connectivity index (χ0v) is 17.6. The molecule has 2 N–H and O–H groups in total. The Balaban J connectivity index is 0.00000243. The summed E-state index contributed by atoms with van der Waals surface area (Å²) in [5.41, 5.74) is 2.05. The van der Waals surface area contributed by atoms with Crippen molar-refractivity contribution < 1.29 is 9.47 Å². The molecular formula is C18H22ClIN4O2. The largest absolute Gasteiger partial charge is 0.486 e. The third kappa shape index (κ3) is 5.63. The van der Waals surface area contributed by atoms with Crippen molar-refractivity contribution >= 4 is 41.5 Å². The second-order valence-corrected chi connectivity index (χ2v) is 5.93. The number of halogens is 2. The fourth-order valence-corrected chi connectivity index (χ4v) is 2.82. The predicted octanol–water partition coefficient (Wildman–Crippen LogP) is 3.03. The van der Waals surface area contributed by atoms with Gasteiger partial charge in [0.15, 0.2) is 17.5 Å². The van der Waals surface area contributed by atoms with Gasteiger partial charge in [-0.15, -0.1) is 24.0 Å². The molecule has 1 aliphatic rings. The van der Waals surface area contributed by atoms with Crippen molar-refractivity contribution in [3.63, 3.8) is 0 Å². The summed E-state index contributed by atoms with van der Waals surface area (Å²) in [6, 6.07) is 9.73. The first kappa shape index (κ1) is 20.6. The summed E-state index contributed by atoms with van der Waals surface area (Å²) >= 11 is 6.27. The number of nitrogens with one attached hydrogen (secondary N) is 2. The Bertz CT molecular complexity index is 743. The third-order valence-corrected chi connectivity index (χ3v) is 4.03. The van der Waals surface area contributed by atoms with Gasteiger partial charge in [0.2, 0.25) is 0 Å². The van der Waals surface area contributed by atoms with Crippen molar-refractivity contribution in [3.05, 3.63) is 52.8 Å². The highest BCUT2D eigenvalue weighted by molar-refractivity contribution is 14.0. The molecule has 2 aromatic rings. The lowest BCUT2D eigenvalue weighted by Crippen LogP contribution is -2.38. The van der Waals surface area contributed by atoms with Crippen LogP contribution in [0.15, 0.2) is 41.5 Å². The number of rotatable bonds is 5. The molecule has 0 amide bonds. The molecule has 140 valence electrons. The van der Waals surface area contributed by atoms with Gasteiger partial charge in [-0.25, -0.2) is 0 Å². The number of pyridine rings is 1. The van der Waals surface area contributed by atoms with Gasteiger partial charge in [-0.2, -0.15) is 0 Å². The van der Waals surface area contributed by atoms with Crippen LogP contribution in [0.5, 0.6) is 11.5 Å². The number of aromatic nitrogens is 1. The second-order valence-electron chi connectivity index (χ2n) is 5.53. The fraction of sp³-hybridized carbons (Fsp3) is 0.333. The Kier molecular flexibility index (Phi) is 8.24. The van der Waals surface area contributed by atoms with E-state index in [4.69, 9.17) is 21.1 Å². The first-order chi connectivity index (χ1) is 12.3. The van der Waals surface area contributed by atoms with Crippen LogP contribution in [-0.4, -0.2) is 37.7 Å². The van der Waals surface area contributed by atoms with Gasteiger partial charge in [-0.1, -0.05) is 17.7 Å². The number of guanidine groups is 1. The Morgan fingerprint density at radius 3 is 2.85 bits per heavy atom. The third-order valence-electron chi connectivity index (χ3n) is 3.75. The Hall–Kier alpha value is -1.74. The highest BCUT2D eigenvalue weighted by Gasteiger charge is 2.16. The molecule has 1 aromatic heterocycles. The molecule has 0 unspecified atom stereocenters. The number of hydrogen-bond acceptors (Lipinski definition) is 4. The molecule has 0 spiro atoms. The van der Waals surface area contributed by atoms with E-state index in [0.717, 1.165) is 30.2 Å². The molecular weight excluding hydrogens is 467 g/mol. The number of benzene rings is 1. The Morgan fingerprint density at radius 1 is 1.23 bits per heavy atom. The molecule has 0 saturated heterocycles. The highest BCUT2D eigenvalue weighted by Crippen LogP contribution is 2.38. The van der Waals surface area contributed by atoms with Crippen molar-refractivity contribution in [2.24, 2.45) is 4.99 Å². The average Bonchev–Trinajstić information content (AvgIpc) is 2.65. The fourth-order valence-electron chi connectivity index (χ4n) is 2.53. The first-order valence-corrected chi connectivity index (χ1v) is 8.56. The van der Waals surface area contributed by atoms with E-state index in [-0.39, 0.29) is 24.0 Å². The normalized spacial score (nSPS) is 12.9. The van der Waals surface area contributed by atoms with E-state index in [0.29, 0.717) is 36.3 Å². The van der Waals surface area contributed by atoms with E-state index >= 15 is 0 Å². The van der Waals surface area contributed by atoms with Crippen LogP contribution in [0.4, 0.5) is 0 Å². The van der Waals surface area contributed by atoms with Gasteiger partial charge in [0.1, 0.15) is 13.2 Å². The van der Waals surface area contributed by atoms with Crippen molar-refractivity contribution in [3.8, 4) is 11.5 Å². The molecule has 8 heteroatoms. The maximum Gasteiger partial charge on any atom is 0.191 e. The minimum absolute atomic E-state index is 0. The van der Waals surface area contributed by atoms with E-state index in [1.165, 1.54) is 0 Å². The molecule has 0 saturated carbocycles. The zero-order chi connectivity index (χ0) is 17.5. The molecule has 0 fully saturated rings. The summed E-state index contributed by atoms with van der Waals surface area (Å²) in [6.07, 6.45) is 2.57. The van der Waals surface area contributed by atoms with Gasteiger partial charge >= 0.3 is 0 Å². The van der Waals surface area contributed by atoms with Crippen LogP contribution < -0.4 is 20.1 Å². The van der Waals surface area contributed by atoms with Crippen molar-refractivity contribution in [2.45, 2.75) is 13.0 Å². The summed E-state index contributed by atoms with van der Waals surface area (Å²) in [7, 11) is 1.74. The van der Waals surface area contributed by atoms with Gasteiger partial charge in [0, 0.05) is 19.8 Å². The molecule has 1 aromatic carbocycles. The lowest BCUT2D eigenvalue weighted by molar-refractivity contribution is 0.171. The van der Waals surface area contributed by atoms with Gasteiger partial charge in [0.25, 0.3) is 0 Å². The molecule has 0 aliphatic carbocycles. The van der Waals surface area contributed by atoms with Gasteiger partial charge in [-0.3, -0.25) is 9.98 Å². The molecule has 0 bridgehead atoms. The SMILES string of the molecule is CN=C(NCCc1cc(Cl)c2c(c1)OCCO2)NCc1ccccn1.I. The Morgan fingerprint density at radius 2 is 2.08 bits per heavy atom. The summed E-state index contributed by atoms with van der Waals surface area (Å²) in [5.74, 6) is 2.08. The average molecular weight is 489 g/mol. The van der Waals surface area contributed by atoms with Crippen LogP contribution in [0, 0.1) is 0 Å². The van der Waals surface area contributed by atoms with Crippen LogP contribution in [0.1, 0.15) is 11.3 Å². The Labute approximate surface area is 175 Å². The number of hydrogen-bond donors (Lipinski definition) is 2. The maximum atomic E-state index is 6.27. The van der Waals surface area contributed by atoms with Crippen molar-refractivity contribution in [2.75, 3.05) is 26.8 Å². The molecule has 0 radical (unpaired) electrons. The topological polar surface area (TPSA) is 67.8 Å². The second kappa shape index (κ2) is 10.4. The van der Waals surface area contributed by atoms with E-state index < -0.39 is 0 Å². The quantitative estimate of drug-likeness (QED) is 0.385. The first-order valence-electron chi connectivity index (χ1n) is 8.18. The van der Waals surface area contributed by atoms with Gasteiger partial charge in [-0.05, 0) is 36.2 Å². The smallest absolute Gasteiger partial charge is 0.191 e. The number of aliphatic imine (C=N–C) groups is 1. The van der Waals surface area contributed by atoms with Gasteiger partial charge < -0.3 is 20.1 Å². The number of fused-ring (bicyclic) bond motifs is 1. The van der Waals surface area contributed by atoms with Crippen molar-refractivity contribution in [1.29, 1.82) is 0 Å². The van der Waals surface area contributed by atoms with E-state index in [2.05, 4.69) is 20.6 Å². The molecule has 6 nitrogen and oxygen atoms in total. The molecule has 0 atom stereocenters. The zero-order valence-electron chi connectivity index (χ0n) is 14.5. The van der Waals surface area contributed by atoms with Crippen molar-refractivity contribution in [1.82, 2.24) is 15.6 Å². The van der Waals surface area contributed by atoms with Crippen LogP contribution in [0.3, 0.4) is 0 Å². The monoisotopic (exact) mass is 488 g/mol. The predicted molar refractivity (Wildman–Crippen MR) is 114 cm³/mol. The summed E-state index contributed by atoms with van der Waals surface area (Å²) in [5, 5.41) is 7.11. The van der Waals surface area contributed by atoms with Crippen LogP contribution in [0.2, 0.25) is 5.02 Å². The number of nitrogens with zero attached hydrogens (tertiary/aromatic N) is 2. The molecule has 26 heavy (non-hydrogen) atoms. The van der Waals surface area contributed by atoms with Gasteiger partial charge in [0.05, 0.1) is 17.3 Å². The number of ether oxygens (including phenoxy) is 2. The summed E-state index contributed by atoms with van der Waals surface area (Å²) < 4.78 is 11.1. The van der Waals surface area contributed by atoms with E-state index in [1.807, 2.05) is 30.3 Å². The maximum absolute atomic E-state index is 6.27. The molecule has 3 rings (SSSR count). The molecule has 1 aliphatic heterocycles. The van der Waals surface area contributed by atoms with E-state index in [9.17, 15) is 0 Å². The highest BCUT2D eigenvalue weighted by atomic mass is 127. The standard InChI is InChI=1S/C18H21ClN4O2.HI/c1-20-18(23-12-14-4-2-3-6-21-14)22-7-5-13-10-15(19)17-16(11-13)24-8-9-25-17;/h2-4,6,10-11H,5,7-9,12H2,1H3,(H2,20,22,23);1H. The lowest BCUT2D eigenvalue weighted by Gasteiger charge is -2.20. The minimum Gasteiger partial charge on any atom is -0.486 e.